The number of carboxylic acid groups (broad SMARTS) is 3. The molecule has 0 rings (SSSR count). The van der Waals surface area contributed by atoms with Gasteiger partial charge in [0.2, 0.25) is 0 Å². The number of hydrogen-bond donors (Lipinski definition) is 3. The van der Waals surface area contributed by atoms with Gasteiger partial charge in [-0.15, -0.1) is 0 Å². The molecule has 0 aliphatic heterocycles. The van der Waals surface area contributed by atoms with Gasteiger partial charge in [0.1, 0.15) is 19.8 Å². The van der Waals surface area contributed by atoms with Crippen LogP contribution in [0.4, 0.5) is 0 Å². The molecule has 0 radical (unpaired) electrons. The van der Waals surface area contributed by atoms with E-state index in [-0.39, 0.29) is 200 Å². The number of hydrogen-bond acceptors (Lipinski definition) is 21. The molecule has 24 nitrogen and oxygen atoms in total. The van der Waals surface area contributed by atoms with Crippen LogP contribution in [0.3, 0.4) is 0 Å². The molecule has 3 N–H and O–H groups in total. The van der Waals surface area contributed by atoms with E-state index in [2.05, 4.69) is 0 Å². The molecule has 0 aromatic rings. The maximum atomic E-state index is 12.9. The van der Waals surface area contributed by atoms with Gasteiger partial charge in [-0.25, -0.2) is 0 Å². The van der Waals surface area contributed by atoms with Crippen LogP contribution in [0.15, 0.2) is 0 Å². The van der Waals surface area contributed by atoms with E-state index in [0.29, 0.717) is 132 Å². The Balaban J connectivity index is -0.00000771. The largest absolute Gasteiger partial charge is 0.481 e. The number of carbonyl (C=O) groups is 6. The summed E-state index contributed by atoms with van der Waals surface area (Å²) in [6, 6.07) is 0. The van der Waals surface area contributed by atoms with E-state index in [4.69, 9.17) is 86.4 Å². The summed E-state index contributed by atoms with van der Waals surface area (Å²) in [5.74, 6) is -3.43. The van der Waals surface area contributed by atoms with Crippen LogP contribution in [0.1, 0.15) is 51.4 Å². The Morgan fingerprint density at radius 2 is 0.431 bits per heavy atom. The second-order valence-electron chi connectivity index (χ2n) is 14.7. The minimum atomic E-state index is -0.916. The summed E-state index contributed by atoms with van der Waals surface area (Å²) < 4.78 is 80.5. The van der Waals surface area contributed by atoms with Crippen molar-refractivity contribution in [3.8, 4) is 0 Å². The third-order valence-electron chi connectivity index (χ3n) is 8.81. The molecule has 0 saturated carbocycles. The molecule has 0 heterocycles. The first-order chi connectivity index (χ1) is 33.6. The van der Waals surface area contributed by atoms with Crippen molar-refractivity contribution in [2.45, 2.75) is 51.4 Å². The van der Waals surface area contributed by atoms with Gasteiger partial charge in [-0.2, -0.15) is 0 Å². The first kappa shape index (κ1) is 77.2. The van der Waals surface area contributed by atoms with Gasteiger partial charge in [0.05, 0.1) is 198 Å². The third-order valence-corrected chi connectivity index (χ3v) is 8.81. The maximum absolute atomic E-state index is 12.9. The van der Waals surface area contributed by atoms with Crippen LogP contribution < -0.4 is 0 Å². The molecule has 0 aliphatic rings. The minimum absolute atomic E-state index is 0. The second kappa shape index (κ2) is 62.2. The molecule has 0 amide bonds. The Bertz CT molecular complexity index is 1200. The van der Waals surface area contributed by atoms with Gasteiger partial charge < -0.3 is 86.4 Å². The second-order valence-corrected chi connectivity index (χ2v) is 14.7. The molecule has 410 valence electrons. The van der Waals surface area contributed by atoms with E-state index in [1.54, 1.807) is 0 Å². The normalized spacial score (nSPS) is 11.0. The van der Waals surface area contributed by atoms with Crippen LogP contribution >= 0.6 is 0 Å². The molecule has 0 bridgehead atoms. The van der Waals surface area contributed by atoms with Gasteiger partial charge in [0, 0.05) is 77.7 Å². The van der Waals surface area contributed by atoms with E-state index in [1.165, 1.54) is 0 Å². The average molecular weight is 1200 g/mol. The number of rotatable bonds is 59. The monoisotopic (exact) mass is 1200 g/mol. The first-order valence-corrected chi connectivity index (χ1v) is 23.5. The molecule has 0 aromatic heterocycles. The fourth-order valence-corrected chi connectivity index (χ4v) is 5.28. The molecule has 0 fully saturated rings. The Kier molecular flexibility index (Phi) is 66.7. The summed E-state index contributed by atoms with van der Waals surface area (Å²) in [6.07, 6.45) is 1.08. The van der Waals surface area contributed by atoms with Crippen molar-refractivity contribution in [2.75, 3.05) is 198 Å². The van der Waals surface area contributed by atoms with Crippen LogP contribution in [-0.4, -0.2) is 249 Å². The molecule has 72 heavy (non-hydrogen) atoms. The van der Waals surface area contributed by atoms with Gasteiger partial charge in [-0.05, 0) is 18.8 Å². The number of carbonyl (C=O) groups excluding carboxylic acids is 3. The van der Waals surface area contributed by atoms with Crippen LogP contribution in [0.25, 0.3) is 0 Å². The van der Waals surface area contributed by atoms with Crippen LogP contribution in [0.2, 0.25) is 0 Å². The SMILES string of the molecule is O=C(O)CCOCCOCCOCCOCCOCC(=O)CCC(CCC(=O)COCCOCCOCCOCCOCCC(=O)O)CC(=O)COCCOCCOCCOCCOCCC(=O)O.[Zn].[Zn].[Zn]. The molecular weight excluding hydrogens is 1120 g/mol. The molecule has 27 heteroatoms. The van der Waals surface area contributed by atoms with Crippen molar-refractivity contribution < 1.29 is 174 Å². The zero-order valence-electron chi connectivity index (χ0n) is 42.5. The zero-order chi connectivity index (χ0) is 50.5. The summed E-state index contributed by atoms with van der Waals surface area (Å²) in [6.45, 7) is 7.54. The van der Waals surface area contributed by atoms with Gasteiger partial charge >= 0.3 is 17.9 Å². The third kappa shape index (κ3) is 64.8. The summed E-state index contributed by atoms with van der Waals surface area (Å²) >= 11 is 0. The molecule has 0 saturated heterocycles. The molecule has 0 unspecified atom stereocenters. The molecule has 0 atom stereocenters. The van der Waals surface area contributed by atoms with E-state index in [0.717, 1.165) is 0 Å². The number of ketones is 3. The Morgan fingerprint density at radius 1 is 0.250 bits per heavy atom. The van der Waals surface area contributed by atoms with Crippen molar-refractivity contribution in [3.05, 3.63) is 0 Å². The van der Waals surface area contributed by atoms with Gasteiger partial charge in [-0.1, -0.05) is 0 Å². The predicted octanol–water partition coefficient (Wildman–Crippen LogP) is 0.926. The topological polar surface area (TPSA) is 302 Å². The fourth-order valence-electron chi connectivity index (χ4n) is 5.28. The van der Waals surface area contributed by atoms with Crippen molar-refractivity contribution in [1.82, 2.24) is 0 Å². The zero-order valence-corrected chi connectivity index (χ0v) is 51.4. The summed E-state index contributed by atoms with van der Waals surface area (Å²) in [7, 11) is 0. The molecule has 0 spiro atoms. The minimum Gasteiger partial charge on any atom is -0.481 e. The Labute approximate surface area is 462 Å². The van der Waals surface area contributed by atoms with E-state index in [1.807, 2.05) is 0 Å². The fraction of sp³-hybridized carbons (Fsp3) is 0.867. The predicted molar refractivity (Wildman–Crippen MR) is 241 cm³/mol. The van der Waals surface area contributed by atoms with E-state index < -0.39 is 17.9 Å². The first-order valence-electron chi connectivity index (χ1n) is 23.5. The standard InChI is InChI=1S/C45H80O24.3Zn/c46-40(36-67-32-29-64-26-23-61-20-17-58-14-11-55-8-5-43(49)50)3-1-39(35-42(48)38-69-34-31-66-28-25-63-22-19-60-16-13-57-10-7-45(53)54)2-4-41(47)37-68-33-30-65-27-24-62-21-18-59-15-12-56-9-6-44(51)52;;;/h39H,1-38H2,(H,49,50)(H,51,52)(H,53,54);;;. The quantitative estimate of drug-likeness (QED) is 0.0564. The van der Waals surface area contributed by atoms with Crippen molar-refractivity contribution >= 4 is 35.3 Å². The molecule has 0 aromatic carbocycles. The summed E-state index contributed by atoms with van der Waals surface area (Å²) in [4.78, 5) is 69.5. The number of aliphatic carboxylic acids is 3. The smallest absolute Gasteiger partial charge is 0.305 e. The molecular formula is C45H80O24Zn3. The number of ether oxygens (including phenoxy) is 15. The average Bonchev–Trinajstić information content (AvgIpc) is 3.31. The van der Waals surface area contributed by atoms with E-state index in [9.17, 15) is 28.8 Å². The van der Waals surface area contributed by atoms with Crippen LogP contribution in [0, 0.1) is 5.92 Å². The van der Waals surface area contributed by atoms with Crippen LogP contribution in [-0.2, 0) is 158 Å². The van der Waals surface area contributed by atoms with Crippen molar-refractivity contribution in [1.29, 1.82) is 0 Å². The molecule has 0 aliphatic carbocycles. The maximum Gasteiger partial charge on any atom is 0.305 e. The van der Waals surface area contributed by atoms with Crippen molar-refractivity contribution in [2.24, 2.45) is 5.92 Å². The van der Waals surface area contributed by atoms with Gasteiger partial charge in [0.25, 0.3) is 0 Å². The summed E-state index contributed by atoms with van der Waals surface area (Å²) in [5.41, 5.74) is 0. The summed E-state index contributed by atoms with van der Waals surface area (Å²) in [5, 5.41) is 25.7. The number of carboxylic acids is 3. The van der Waals surface area contributed by atoms with E-state index >= 15 is 0 Å². The van der Waals surface area contributed by atoms with Gasteiger partial charge in [-0.3, -0.25) is 28.8 Å². The van der Waals surface area contributed by atoms with Crippen LogP contribution in [0.5, 0.6) is 0 Å². The van der Waals surface area contributed by atoms with Crippen molar-refractivity contribution in [3.63, 3.8) is 0 Å². The Morgan fingerprint density at radius 3 is 0.639 bits per heavy atom. The number of Topliss-reactive ketones (excluding diaryl/α,β-unsaturated/α-hetero) is 3. The van der Waals surface area contributed by atoms with Gasteiger partial charge in [0.15, 0.2) is 17.3 Å². The Hall–Kier alpha value is -1.31.